The molecule has 3 nitrogen and oxygen atoms in total. The number of piperidine rings is 1. The van der Waals surface area contributed by atoms with Gasteiger partial charge in [0.05, 0.1) is 16.9 Å². The van der Waals surface area contributed by atoms with Gasteiger partial charge >= 0.3 is 0 Å². The van der Waals surface area contributed by atoms with Gasteiger partial charge in [0.2, 0.25) is 0 Å². The lowest BCUT2D eigenvalue weighted by molar-refractivity contribution is 0.115. The second-order valence-electron chi connectivity index (χ2n) is 8.06. The van der Waals surface area contributed by atoms with Gasteiger partial charge in [-0.3, -0.25) is 9.88 Å². The molecule has 0 bridgehead atoms. The van der Waals surface area contributed by atoms with Gasteiger partial charge in [-0.05, 0) is 55.7 Å². The number of ether oxygens (including phenoxy) is 1. The third kappa shape index (κ3) is 4.28. The third-order valence-corrected chi connectivity index (χ3v) is 8.18. The zero-order valence-electron chi connectivity index (χ0n) is 15.0. The largest absolute Gasteiger partial charge is 0.491 e. The summed E-state index contributed by atoms with van der Waals surface area (Å²) in [4.78, 5) is 7.17. The van der Waals surface area contributed by atoms with E-state index in [0.29, 0.717) is 11.3 Å². The summed E-state index contributed by atoms with van der Waals surface area (Å²) in [5.41, 5.74) is 1.77. The Morgan fingerprint density at radius 1 is 1.20 bits per heavy atom. The molecule has 5 heteroatoms. The van der Waals surface area contributed by atoms with E-state index in [1.807, 2.05) is 12.3 Å². The number of thioether (sulfide) groups is 1. The summed E-state index contributed by atoms with van der Waals surface area (Å²) < 4.78 is 5.93. The molecule has 3 aliphatic rings. The number of rotatable bonds is 5. The van der Waals surface area contributed by atoms with Crippen LogP contribution in [0.4, 0.5) is 0 Å². The molecule has 1 aromatic heterocycles. The Morgan fingerprint density at radius 3 is 2.60 bits per heavy atom. The zero-order chi connectivity index (χ0) is 17.1. The molecule has 1 saturated carbocycles. The molecule has 1 aromatic rings. The van der Waals surface area contributed by atoms with Crippen LogP contribution < -0.4 is 4.74 Å². The van der Waals surface area contributed by atoms with Crippen LogP contribution in [0.5, 0.6) is 5.75 Å². The molecule has 1 aliphatic carbocycles. The van der Waals surface area contributed by atoms with Crippen LogP contribution in [0.3, 0.4) is 0 Å². The van der Waals surface area contributed by atoms with Gasteiger partial charge in [-0.1, -0.05) is 30.9 Å². The third-order valence-electron chi connectivity index (χ3n) is 6.25. The fraction of sp³-hybridized carbons (Fsp3) is 0.750. The van der Waals surface area contributed by atoms with Gasteiger partial charge < -0.3 is 4.74 Å². The lowest BCUT2D eigenvalue weighted by Crippen LogP contribution is -2.47. The SMILES string of the molecule is Clc1cc(OCCN2CCC3(CC2)CSC3)cnc1C1CCCCC1. The van der Waals surface area contributed by atoms with E-state index in [1.165, 1.54) is 69.5 Å². The van der Waals surface area contributed by atoms with Gasteiger partial charge in [-0.25, -0.2) is 0 Å². The lowest BCUT2D eigenvalue weighted by Gasteiger charge is -2.47. The molecular formula is C20H29ClN2OS. The number of pyridine rings is 1. The van der Waals surface area contributed by atoms with Crippen molar-refractivity contribution in [2.24, 2.45) is 5.41 Å². The van der Waals surface area contributed by atoms with Crippen LogP contribution in [-0.2, 0) is 0 Å². The van der Waals surface area contributed by atoms with E-state index >= 15 is 0 Å². The minimum atomic E-state index is 0.542. The summed E-state index contributed by atoms with van der Waals surface area (Å²) in [7, 11) is 0. The minimum Gasteiger partial charge on any atom is -0.491 e. The van der Waals surface area contributed by atoms with Crippen molar-refractivity contribution in [1.82, 2.24) is 9.88 Å². The first-order valence-electron chi connectivity index (χ1n) is 9.83. The van der Waals surface area contributed by atoms with E-state index in [2.05, 4.69) is 21.6 Å². The monoisotopic (exact) mass is 380 g/mol. The standard InChI is InChI=1S/C20H29ClN2OS/c21-18-12-17(13-22-19(18)16-4-2-1-3-5-16)24-11-10-23-8-6-20(7-9-23)14-25-15-20/h12-13,16H,1-11,14-15H2. The van der Waals surface area contributed by atoms with Crippen LogP contribution >= 0.6 is 23.4 Å². The molecule has 25 heavy (non-hydrogen) atoms. The van der Waals surface area contributed by atoms with Gasteiger partial charge in [0.25, 0.3) is 0 Å². The summed E-state index contributed by atoms with van der Waals surface area (Å²) in [6, 6.07) is 1.97. The molecule has 2 aliphatic heterocycles. The molecule has 0 atom stereocenters. The highest BCUT2D eigenvalue weighted by Crippen LogP contribution is 2.45. The number of aromatic nitrogens is 1. The molecule has 0 N–H and O–H groups in total. The highest BCUT2D eigenvalue weighted by molar-refractivity contribution is 8.00. The fourth-order valence-corrected chi connectivity index (χ4v) is 6.08. The molecule has 3 fully saturated rings. The summed E-state index contributed by atoms with van der Waals surface area (Å²) >= 11 is 8.60. The maximum atomic E-state index is 6.49. The Balaban J connectivity index is 1.23. The van der Waals surface area contributed by atoms with Crippen molar-refractivity contribution in [2.45, 2.75) is 50.9 Å². The van der Waals surface area contributed by atoms with Gasteiger partial charge in [0, 0.05) is 18.5 Å². The van der Waals surface area contributed by atoms with Gasteiger partial charge in [0.15, 0.2) is 0 Å². The first kappa shape index (κ1) is 17.9. The van der Waals surface area contributed by atoms with E-state index < -0.39 is 0 Å². The Morgan fingerprint density at radius 2 is 1.96 bits per heavy atom. The Bertz CT molecular complexity index is 577. The quantitative estimate of drug-likeness (QED) is 0.718. The number of halogens is 1. The van der Waals surface area contributed by atoms with Crippen molar-refractivity contribution >= 4 is 23.4 Å². The van der Waals surface area contributed by atoms with Crippen molar-refractivity contribution in [3.8, 4) is 5.75 Å². The van der Waals surface area contributed by atoms with E-state index in [-0.39, 0.29) is 0 Å². The summed E-state index contributed by atoms with van der Waals surface area (Å²) in [6.07, 6.45) is 11.0. The van der Waals surface area contributed by atoms with Gasteiger partial charge in [0.1, 0.15) is 12.4 Å². The molecular weight excluding hydrogens is 352 g/mol. The number of hydrogen-bond acceptors (Lipinski definition) is 4. The predicted molar refractivity (Wildman–Crippen MR) is 106 cm³/mol. The van der Waals surface area contributed by atoms with E-state index in [9.17, 15) is 0 Å². The van der Waals surface area contributed by atoms with E-state index in [4.69, 9.17) is 16.3 Å². The van der Waals surface area contributed by atoms with Crippen LogP contribution in [0.15, 0.2) is 12.3 Å². The first-order valence-corrected chi connectivity index (χ1v) is 11.4. The smallest absolute Gasteiger partial charge is 0.139 e. The minimum absolute atomic E-state index is 0.542. The van der Waals surface area contributed by atoms with Crippen LogP contribution in [0.1, 0.15) is 56.6 Å². The maximum Gasteiger partial charge on any atom is 0.139 e. The van der Waals surface area contributed by atoms with Crippen molar-refractivity contribution in [1.29, 1.82) is 0 Å². The average Bonchev–Trinajstić information content (AvgIpc) is 2.62. The van der Waals surface area contributed by atoms with Crippen molar-refractivity contribution in [2.75, 3.05) is 37.7 Å². The zero-order valence-corrected chi connectivity index (χ0v) is 16.6. The normalized spacial score (nSPS) is 24.2. The topological polar surface area (TPSA) is 25.4 Å². The number of nitrogens with zero attached hydrogens (tertiary/aromatic N) is 2. The second-order valence-corrected chi connectivity index (χ2v) is 9.45. The number of likely N-dealkylation sites (tertiary alicyclic amines) is 1. The predicted octanol–water partition coefficient (Wildman–Crippen LogP) is 4.99. The highest BCUT2D eigenvalue weighted by atomic mass is 35.5. The Kier molecular flexibility index (Phi) is 5.78. The first-order chi connectivity index (χ1) is 12.2. The van der Waals surface area contributed by atoms with Gasteiger partial charge in [-0.15, -0.1) is 0 Å². The highest BCUT2D eigenvalue weighted by Gasteiger charge is 2.40. The molecule has 4 rings (SSSR count). The molecule has 0 aromatic carbocycles. The van der Waals surface area contributed by atoms with Gasteiger partial charge in [-0.2, -0.15) is 11.8 Å². The second kappa shape index (κ2) is 8.06. The van der Waals surface area contributed by atoms with Crippen LogP contribution in [0.25, 0.3) is 0 Å². The molecule has 0 amide bonds. The Hall–Kier alpha value is -0.450. The molecule has 2 saturated heterocycles. The van der Waals surface area contributed by atoms with Crippen LogP contribution in [-0.4, -0.2) is 47.6 Å². The molecule has 3 heterocycles. The molecule has 0 unspecified atom stereocenters. The molecule has 138 valence electrons. The molecule has 1 spiro atoms. The van der Waals surface area contributed by atoms with Crippen molar-refractivity contribution in [3.05, 3.63) is 23.0 Å². The van der Waals surface area contributed by atoms with E-state index in [1.54, 1.807) is 0 Å². The molecule has 0 radical (unpaired) electrons. The lowest BCUT2D eigenvalue weighted by atomic mass is 9.81. The van der Waals surface area contributed by atoms with Crippen molar-refractivity contribution in [3.63, 3.8) is 0 Å². The summed E-state index contributed by atoms with van der Waals surface area (Å²) in [6.45, 7) is 4.18. The van der Waals surface area contributed by atoms with Crippen LogP contribution in [0, 0.1) is 5.41 Å². The number of hydrogen-bond donors (Lipinski definition) is 0. The average molecular weight is 381 g/mol. The summed E-state index contributed by atoms with van der Waals surface area (Å²) in [5, 5.41) is 0.784. The van der Waals surface area contributed by atoms with Crippen LogP contribution in [0.2, 0.25) is 5.02 Å². The fourth-order valence-electron chi connectivity index (χ4n) is 4.41. The maximum absolute atomic E-state index is 6.49. The van der Waals surface area contributed by atoms with Crippen molar-refractivity contribution < 1.29 is 4.74 Å². The summed E-state index contributed by atoms with van der Waals surface area (Å²) in [5.74, 6) is 4.12. The Labute approximate surface area is 160 Å². The van der Waals surface area contributed by atoms with E-state index in [0.717, 1.165) is 29.6 Å².